The lowest BCUT2D eigenvalue weighted by atomic mass is 10.1. The van der Waals surface area contributed by atoms with Gasteiger partial charge < -0.3 is 25.2 Å². The Labute approximate surface area is 222 Å². The van der Waals surface area contributed by atoms with Gasteiger partial charge >= 0.3 is 0 Å². The minimum Gasteiger partial charge on any atom is -0.508 e. The van der Waals surface area contributed by atoms with Gasteiger partial charge in [-0.05, 0) is 77.0 Å². The van der Waals surface area contributed by atoms with Crippen molar-refractivity contribution >= 4 is 29.4 Å². The maximum Gasteiger partial charge on any atom is 0.189 e. The van der Waals surface area contributed by atoms with E-state index in [9.17, 15) is 34.9 Å². The minimum absolute atomic E-state index is 0.0318. The zero-order valence-electron chi connectivity index (χ0n) is 20.2. The van der Waals surface area contributed by atoms with Crippen LogP contribution in [0.4, 0.5) is 5.69 Å². The number of ketones is 2. The van der Waals surface area contributed by atoms with E-state index in [4.69, 9.17) is 4.74 Å². The summed E-state index contributed by atoms with van der Waals surface area (Å²) in [6, 6.07) is 18.6. The van der Waals surface area contributed by atoms with Gasteiger partial charge in [0.05, 0.1) is 11.1 Å². The maximum atomic E-state index is 12.4. The van der Waals surface area contributed by atoms with Crippen LogP contribution >= 0.6 is 0 Å². The molecule has 0 fully saturated rings. The number of benzene rings is 4. The molecule has 0 aromatic heterocycles. The molecule has 0 bridgehead atoms. The number of carbonyl (C=O) groups excluding carboxylic acids is 2. The highest BCUT2D eigenvalue weighted by molar-refractivity contribution is 6.10. The molecule has 9 heteroatoms. The number of carbonyl (C=O) groups is 2. The molecular weight excluding hydrogens is 502 g/mol. The lowest BCUT2D eigenvalue weighted by Crippen LogP contribution is -1.94. The zero-order chi connectivity index (χ0) is 27.9. The van der Waals surface area contributed by atoms with E-state index < -0.39 is 11.6 Å². The summed E-state index contributed by atoms with van der Waals surface area (Å²) in [7, 11) is 0. The molecule has 0 saturated heterocycles. The van der Waals surface area contributed by atoms with E-state index in [1.807, 2.05) is 0 Å². The van der Waals surface area contributed by atoms with E-state index >= 15 is 0 Å². The Balaban J connectivity index is 1.40. The van der Waals surface area contributed by atoms with E-state index in [2.05, 4.69) is 5.18 Å². The van der Waals surface area contributed by atoms with Gasteiger partial charge in [0.25, 0.3) is 0 Å². The van der Waals surface area contributed by atoms with Crippen LogP contribution in [0.25, 0.3) is 12.2 Å². The Bertz CT molecular complexity index is 1620. The predicted octanol–water partition coefficient (Wildman–Crippen LogP) is 6.49. The van der Waals surface area contributed by atoms with E-state index in [-0.39, 0.29) is 45.6 Å². The molecule has 0 aliphatic heterocycles. The van der Waals surface area contributed by atoms with Gasteiger partial charge in [-0.2, -0.15) is 0 Å². The Morgan fingerprint density at radius 1 is 0.641 bits per heavy atom. The van der Waals surface area contributed by atoms with E-state index in [0.717, 1.165) is 12.1 Å². The van der Waals surface area contributed by atoms with E-state index in [0.29, 0.717) is 16.9 Å². The molecule has 0 atom stereocenters. The second-order valence-electron chi connectivity index (χ2n) is 8.29. The first-order valence-electron chi connectivity index (χ1n) is 11.5. The highest BCUT2D eigenvalue weighted by atomic mass is 16.5. The Morgan fingerprint density at radius 3 is 1.87 bits per heavy atom. The molecule has 0 heterocycles. The second kappa shape index (κ2) is 11.6. The van der Waals surface area contributed by atoms with Crippen LogP contribution in [0.15, 0.2) is 96.2 Å². The number of rotatable bonds is 9. The first-order valence-corrected chi connectivity index (χ1v) is 11.5. The highest BCUT2D eigenvalue weighted by Crippen LogP contribution is 2.32. The molecular formula is C30H21NO8. The van der Waals surface area contributed by atoms with E-state index in [1.54, 1.807) is 36.4 Å². The molecule has 0 unspecified atom stereocenters. The van der Waals surface area contributed by atoms with Crippen LogP contribution in [0.5, 0.6) is 34.5 Å². The summed E-state index contributed by atoms with van der Waals surface area (Å²) in [5, 5.41) is 41.7. The van der Waals surface area contributed by atoms with Crippen molar-refractivity contribution in [1.29, 1.82) is 0 Å². The summed E-state index contributed by atoms with van der Waals surface area (Å²) in [4.78, 5) is 35.6. The first kappa shape index (κ1) is 26.4. The standard InChI is InChI=1S/C30H21NO8/c32-20-6-10-23(25(16-20)31-38)26(34)13-4-19-5-14-30(29(37)15-19)39-22-8-1-18(2-9-22)3-12-27(35)24-11-7-21(33)17-28(24)36/h1-17,32-33,36-37H/b12-3+,13-4+. The molecule has 39 heavy (non-hydrogen) atoms. The van der Waals surface area contributed by atoms with Crippen molar-refractivity contribution < 1.29 is 34.8 Å². The Hall–Kier alpha value is -5.70. The number of phenolic OH excluding ortho intramolecular Hbond substituents is 4. The van der Waals surface area contributed by atoms with Crippen molar-refractivity contribution in [3.63, 3.8) is 0 Å². The quantitative estimate of drug-likeness (QED) is 0.110. The van der Waals surface area contributed by atoms with Crippen LogP contribution in [-0.2, 0) is 0 Å². The molecule has 0 amide bonds. The largest absolute Gasteiger partial charge is 0.508 e. The summed E-state index contributed by atoms with van der Waals surface area (Å²) in [5.41, 5.74) is 1.10. The van der Waals surface area contributed by atoms with Crippen LogP contribution in [-0.4, -0.2) is 32.0 Å². The second-order valence-corrected chi connectivity index (χ2v) is 8.29. The molecule has 4 rings (SSSR count). The summed E-state index contributed by atoms with van der Waals surface area (Å²) >= 11 is 0. The smallest absolute Gasteiger partial charge is 0.189 e. The van der Waals surface area contributed by atoms with Gasteiger partial charge in [-0.1, -0.05) is 30.4 Å². The molecule has 4 N–H and O–H groups in total. The molecule has 0 aliphatic carbocycles. The molecule has 4 aromatic rings. The molecule has 9 nitrogen and oxygen atoms in total. The van der Waals surface area contributed by atoms with Gasteiger partial charge in [0.15, 0.2) is 23.1 Å². The lowest BCUT2D eigenvalue weighted by molar-refractivity contribution is 0.103. The van der Waals surface area contributed by atoms with Gasteiger partial charge in [-0.25, -0.2) is 0 Å². The number of nitroso groups, excluding NO2 is 1. The van der Waals surface area contributed by atoms with Gasteiger partial charge in [-0.3, -0.25) is 9.59 Å². The van der Waals surface area contributed by atoms with Crippen LogP contribution in [0.2, 0.25) is 0 Å². The van der Waals surface area contributed by atoms with Crippen molar-refractivity contribution in [2.45, 2.75) is 0 Å². The summed E-state index contributed by atoms with van der Waals surface area (Å²) in [5.74, 6) is -1.16. The number of hydrogen-bond acceptors (Lipinski definition) is 9. The average molecular weight is 523 g/mol. The van der Waals surface area contributed by atoms with Crippen molar-refractivity contribution in [3.8, 4) is 34.5 Å². The normalized spacial score (nSPS) is 11.1. The van der Waals surface area contributed by atoms with Gasteiger partial charge in [0, 0.05) is 12.1 Å². The SMILES string of the molecule is O=Nc1cc(O)ccc1C(=O)/C=C/c1ccc(Oc2ccc(/C=C/C(=O)c3ccc(O)cc3O)cc2)c(O)c1. The molecule has 0 aliphatic rings. The van der Waals surface area contributed by atoms with Crippen LogP contribution in [0.3, 0.4) is 0 Å². The third kappa shape index (κ3) is 6.55. The molecule has 0 spiro atoms. The number of hydrogen-bond donors (Lipinski definition) is 4. The van der Waals surface area contributed by atoms with Gasteiger partial charge in [0.1, 0.15) is 28.7 Å². The monoisotopic (exact) mass is 523 g/mol. The number of ether oxygens (including phenoxy) is 1. The number of nitrogens with zero attached hydrogens (tertiary/aromatic N) is 1. The summed E-state index contributed by atoms with van der Waals surface area (Å²) < 4.78 is 5.72. The Morgan fingerprint density at radius 2 is 1.23 bits per heavy atom. The van der Waals surface area contributed by atoms with Crippen LogP contribution in [0.1, 0.15) is 31.8 Å². The number of aromatic hydroxyl groups is 4. The van der Waals surface area contributed by atoms with Crippen molar-refractivity contribution in [2.24, 2.45) is 5.18 Å². The maximum absolute atomic E-state index is 12.4. The fourth-order valence-electron chi connectivity index (χ4n) is 3.55. The van der Waals surface area contributed by atoms with Crippen molar-refractivity contribution in [1.82, 2.24) is 0 Å². The first-order chi connectivity index (χ1) is 18.7. The third-order valence-corrected chi connectivity index (χ3v) is 5.54. The Kier molecular flexibility index (Phi) is 7.82. The zero-order valence-corrected chi connectivity index (χ0v) is 20.2. The third-order valence-electron chi connectivity index (χ3n) is 5.54. The lowest BCUT2D eigenvalue weighted by Gasteiger charge is -2.08. The fraction of sp³-hybridized carbons (Fsp3) is 0. The number of phenols is 4. The van der Waals surface area contributed by atoms with Crippen molar-refractivity contribution in [2.75, 3.05) is 0 Å². The van der Waals surface area contributed by atoms with Gasteiger partial charge in [-0.15, -0.1) is 4.91 Å². The summed E-state index contributed by atoms with van der Waals surface area (Å²) in [6.45, 7) is 0. The molecule has 0 saturated carbocycles. The molecule has 4 aromatic carbocycles. The van der Waals surface area contributed by atoms with Crippen LogP contribution < -0.4 is 4.74 Å². The molecule has 194 valence electrons. The average Bonchev–Trinajstić information content (AvgIpc) is 2.92. The number of allylic oxidation sites excluding steroid dienone is 2. The fourth-order valence-corrected chi connectivity index (χ4v) is 3.55. The van der Waals surface area contributed by atoms with Crippen LogP contribution in [0, 0.1) is 4.91 Å². The van der Waals surface area contributed by atoms with Gasteiger partial charge in [0.2, 0.25) is 0 Å². The topological polar surface area (TPSA) is 154 Å². The molecule has 0 radical (unpaired) electrons. The van der Waals surface area contributed by atoms with E-state index in [1.165, 1.54) is 54.6 Å². The summed E-state index contributed by atoms with van der Waals surface area (Å²) in [6.07, 6.45) is 5.53. The minimum atomic E-state index is -0.500. The predicted molar refractivity (Wildman–Crippen MR) is 145 cm³/mol. The van der Waals surface area contributed by atoms with Crippen molar-refractivity contribution in [3.05, 3.63) is 118 Å². The highest BCUT2D eigenvalue weighted by Gasteiger charge is 2.11.